The van der Waals surface area contributed by atoms with Crippen molar-refractivity contribution >= 4 is 17.9 Å². The highest BCUT2D eigenvalue weighted by Gasteiger charge is 2.02. The first-order valence-corrected chi connectivity index (χ1v) is 5.29. The van der Waals surface area contributed by atoms with Crippen LogP contribution in [0.3, 0.4) is 0 Å². The Kier molecular flexibility index (Phi) is 3.06. The molecular formula is C12H11ClN2O. The summed E-state index contributed by atoms with van der Waals surface area (Å²) < 4.78 is 1.83. The molecule has 0 saturated heterocycles. The summed E-state index contributed by atoms with van der Waals surface area (Å²) in [6.45, 7) is 2.62. The Morgan fingerprint density at radius 3 is 2.94 bits per heavy atom. The summed E-state index contributed by atoms with van der Waals surface area (Å²) in [5, 5.41) is 0.737. The smallest absolute Gasteiger partial charge is 0.169 e. The van der Waals surface area contributed by atoms with Gasteiger partial charge in [-0.15, -0.1) is 0 Å². The third-order valence-electron chi connectivity index (χ3n) is 2.34. The van der Waals surface area contributed by atoms with E-state index in [9.17, 15) is 4.79 Å². The molecule has 82 valence electrons. The molecule has 0 aliphatic heterocycles. The molecule has 0 unspecified atom stereocenters. The number of rotatable bonds is 3. The lowest BCUT2D eigenvalue weighted by atomic mass is 10.1. The van der Waals surface area contributed by atoms with E-state index in [1.807, 2.05) is 29.7 Å². The van der Waals surface area contributed by atoms with Gasteiger partial charge in [-0.05, 0) is 24.1 Å². The van der Waals surface area contributed by atoms with Crippen molar-refractivity contribution in [2.75, 3.05) is 0 Å². The van der Waals surface area contributed by atoms with Gasteiger partial charge in [0.1, 0.15) is 5.69 Å². The highest BCUT2D eigenvalue weighted by Crippen LogP contribution is 2.18. The van der Waals surface area contributed by atoms with E-state index >= 15 is 0 Å². The molecule has 0 fully saturated rings. The standard InChI is InChI=1S/C12H11ClN2O/c1-9-2-3-10(12(13)4-9)5-15-6-11(7-16)14-8-15/h2-4,6-8H,5H2,1H3. The van der Waals surface area contributed by atoms with Crippen molar-refractivity contribution in [1.82, 2.24) is 9.55 Å². The Morgan fingerprint density at radius 1 is 1.50 bits per heavy atom. The number of aldehydes is 1. The number of benzene rings is 1. The van der Waals surface area contributed by atoms with Crippen LogP contribution < -0.4 is 0 Å². The van der Waals surface area contributed by atoms with E-state index in [0.29, 0.717) is 12.2 Å². The fourth-order valence-corrected chi connectivity index (χ4v) is 1.80. The Hall–Kier alpha value is -1.61. The molecule has 0 bridgehead atoms. The van der Waals surface area contributed by atoms with Crippen LogP contribution in [-0.4, -0.2) is 15.8 Å². The summed E-state index contributed by atoms with van der Waals surface area (Å²) in [5.41, 5.74) is 2.58. The van der Waals surface area contributed by atoms with Crippen LogP contribution in [0.4, 0.5) is 0 Å². The molecule has 0 saturated carbocycles. The molecule has 1 aromatic heterocycles. The summed E-state index contributed by atoms with van der Waals surface area (Å²) in [6, 6.07) is 5.92. The first kappa shape index (κ1) is 10.9. The van der Waals surface area contributed by atoms with Crippen LogP contribution >= 0.6 is 11.6 Å². The van der Waals surface area contributed by atoms with E-state index in [4.69, 9.17) is 11.6 Å². The summed E-state index contributed by atoms with van der Waals surface area (Å²) in [6.07, 6.45) is 4.05. The first-order chi connectivity index (χ1) is 7.69. The van der Waals surface area contributed by atoms with Gasteiger partial charge in [-0.1, -0.05) is 23.7 Å². The first-order valence-electron chi connectivity index (χ1n) is 4.91. The number of halogens is 1. The molecule has 2 aromatic rings. The van der Waals surface area contributed by atoms with Crippen LogP contribution in [0.1, 0.15) is 21.6 Å². The van der Waals surface area contributed by atoms with Crippen molar-refractivity contribution in [3.8, 4) is 0 Å². The Labute approximate surface area is 98.7 Å². The maximum atomic E-state index is 10.5. The topological polar surface area (TPSA) is 34.9 Å². The quantitative estimate of drug-likeness (QED) is 0.766. The van der Waals surface area contributed by atoms with Gasteiger partial charge in [-0.3, -0.25) is 4.79 Å². The summed E-state index contributed by atoms with van der Waals surface area (Å²) in [7, 11) is 0. The van der Waals surface area contributed by atoms with Crippen molar-refractivity contribution in [1.29, 1.82) is 0 Å². The number of imidazole rings is 1. The molecule has 0 spiro atoms. The van der Waals surface area contributed by atoms with Crippen LogP contribution in [0.5, 0.6) is 0 Å². The zero-order chi connectivity index (χ0) is 11.5. The van der Waals surface area contributed by atoms with E-state index in [0.717, 1.165) is 22.4 Å². The lowest BCUT2D eigenvalue weighted by Crippen LogP contribution is -1.97. The Bertz CT molecular complexity index is 519. The molecule has 0 amide bonds. The Balaban J connectivity index is 2.23. The van der Waals surface area contributed by atoms with Crippen molar-refractivity contribution in [3.05, 3.63) is 52.6 Å². The van der Waals surface area contributed by atoms with Crippen molar-refractivity contribution < 1.29 is 4.79 Å². The molecule has 3 nitrogen and oxygen atoms in total. The van der Waals surface area contributed by atoms with E-state index in [-0.39, 0.29) is 0 Å². The lowest BCUT2D eigenvalue weighted by Gasteiger charge is -2.05. The van der Waals surface area contributed by atoms with Gasteiger partial charge in [0.25, 0.3) is 0 Å². The third-order valence-corrected chi connectivity index (χ3v) is 2.69. The average molecular weight is 235 g/mol. The predicted octanol–water partition coefficient (Wildman–Crippen LogP) is 2.71. The van der Waals surface area contributed by atoms with Gasteiger partial charge >= 0.3 is 0 Å². The molecule has 0 N–H and O–H groups in total. The maximum Gasteiger partial charge on any atom is 0.169 e. The number of aryl methyl sites for hydroxylation is 1. The molecule has 1 aromatic carbocycles. The molecule has 16 heavy (non-hydrogen) atoms. The molecule has 1 heterocycles. The normalized spacial score (nSPS) is 10.4. The number of hydrogen-bond acceptors (Lipinski definition) is 2. The zero-order valence-electron chi connectivity index (χ0n) is 8.85. The van der Waals surface area contributed by atoms with Gasteiger partial charge in [0.05, 0.1) is 6.33 Å². The minimum Gasteiger partial charge on any atom is -0.332 e. The van der Waals surface area contributed by atoms with Crippen molar-refractivity contribution in [2.45, 2.75) is 13.5 Å². The van der Waals surface area contributed by atoms with Crippen LogP contribution in [0.25, 0.3) is 0 Å². The molecule has 0 aliphatic carbocycles. The van der Waals surface area contributed by atoms with E-state index in [1.165, 1.54) is 0 Å². The second-order valence-corrected chi connectivity index (χ2v) is 4.09. The minimum atomic E-state index is 0.434. The fourth-order valence-electron chi connectivity index (χ4n) is 1.50. The molecular weight excluding hydrogens is 224 g/mol. The molecule has 2 rings (SSSR count). The predicted molar refractivity (Wildman–Crippen MR) is 62.9 cm³/mol. The van der Waals surface area contributed by atoms with Gasteiger partial charge in [-0.2, -0.15) is 0 Å². The molecule has 0 aliphatic rings. The summed E-state index contributed by atoms with van der Waals surface area (Å²) in [5.74, 6) is 0. The zero-order valence-corrected chi connectivity index (χ0v) is 9.61. The average Bonchev–Trinajstić information content (AvgIpc) is 2.70. The number of carbonyl (C=O) groups excluding carboxylic acids is 1. The minimum absolute atomic E-state index is 0.434. The van der Waals surface area contributed by atoms with Gasteiger partial charge in [0, 0.05) is 17.8 Å². The van der Waals surface area contributed by atoms with Gasteiger partial charge < -0.3 is 4.57 Å². The maximum absolute atomic E-state index is 10.5. The lowest BCUT2D eigenvalue weighted by molar-refractivity contribution is 0.111. The largest absolute Gasteiger partial charge is 0.332 e. The second kappa shape index (κ2) is 4.49. The number of aromatic nitrogens is 2. The number of carbonyl (C=O) groups is 1. The van der Waals surface area contributed by atoms with Crippen LogP contribution in [0, 0.1) is 6.92 Å². The number of hydrogen-bond donors (Lipinski definition) is 0. The third kappa shape index (κ3) is 2.31. The summed E-state index contributed by atoms with van der Waals surface area (Å²) in [4.78, 5) is 14.4. The SMILES string of the molecule is Cc1ccc(Cn2cnc(C=O)c2)c(Cl)c1. The molecule has 4 heteroatoms. The molecule has 0 radical (unpaired) electrons. The van der Waals surface area contributed by atoms with Crippen LogP contribution in [-0.2, 0) is 6.54 Å². The van der Waals surface area contributed by atoms with Gasteiger partial charge in [0.15, 0.2) is 6.29 Å². The monoisotopic (exact) mass is 234 g/mol. The van der Waals surface area contributed by atoms with E-state index in [2.05, 4.69) is 4.98 Å². The second-order valence-electron chi connectivity index (χ2n) is 3.68. The van der Waals surface area contributed by atoms with Crippen molar-refractivity contribution in [2.24, 2.45) is 0 Å². The number of nitrogens with zero attached hydrogens (tertiary/aromatic N) is 2. The van der Waals surface area contributed by atoms with E-state index < -0.39 is 0 Å². The van der Waals surface area contributed by atoms with E-state index in [1.54, 1.807) is 12.5 Å². The van der Waals surface area contributed by atoms with Gasteiger partial charge in [0.2, 0.25) is 0 Å². The van der Waals surface area contributed by atoms with Crippen LogP contribution in [0.15, 0.2) is 30.7 Å². The fraction of sp³-hybridized carbons (Fsp3) is 0.167. The molecule has 0 atom stereocenters. The highest BCUT2D eigenvalue weighted by molar-refractivity contribution is 6.31. The van der Waals surface area contributed by atoms with Gasteiger partial charge in [-0.25, -0.2) is 4.98 Å². The summed E-state index contributed by atoms with van der Waals surface area (Å²) >= 11 is 6.12. The van der Waals surface area contributed by atoms with Crippen molar-refractivity contribution in [3.63, 3.8) is 0 Å². The Morgan fingerprint density at radius 2 is 2.31 bits per heavy atom. The van der Waals surface area contributed by atoms with Crippen LogP contribution in [0.2, 0.25) is 5.02 Å². The highest BCUT2D eigenvalue weighted by atomic mass is 35.5.